The molecule has 0 aliphatic carbocycles. The van der Waals surface area contributed by atoms with Crippen LogP contribution in [0.1, 0.15) is 37.8 Å². The van der Waals surface area contributed by atoms with E-state index >= 15 is 0 Å². The standard InChI is InChI=1S/C28H36N6O2/c1-4-5-12-31-26-25-24(32-27(29)33-26)21-8-6-7-9-22(21)34(25)15-20-13-19(10-11-23(20)35-3)14-30-16-28(2)17-36-18-28/h6-11,13,30H,4-5,12,14-18H2,1-3H3,(H3,29,31,32,33). The minimum absolute atomic E-state index is 0.237. The first-order valence-electron chi connectivity index (χ1n) is 12.7. The van der Waals surface area contributed by atoms with Gasteiger partial charge in [-0.3, -0.25) is 0 Å². The number of aromatic nitrogens is 3. The van der Waals surface area contributed by atoms with E-state index in [1.54, 1.807) is 7.11 Å². The van der Waals surface area contributed by atoms with Crippen molar-refractivity contribution in [3.63, 3.8) is 0 Å². The van der Waals surface area contributed by atoms with E-state index in [4.69, 9.17) is 15.2 Å². The molecule has 0 saturated carbocycles. The molecule has 2 aromatic carbocycles. The Bertz CT molecular complexity index is 1360. The zero-order valence-corrected chi connectivity index (χ0v) is 21.4. The summed E-state index contributed by atoms with van der Waals surface area (Å²) in [6.07, 6.45) is 2.16. The summed E-state index contributed by atoms with van der Waals surface area (Å²) < 4.78 is 13.4. The van der Waals surface area contributed by atoms with Gasteiger partial charge in [0.05, 0.1) is 32.4 Å². The maximum absolute atomic E-state index is 6.13. The molecule has 0 amide bonds. The van der Waals surface area contributed by atoms with E-state index < -0.39 is 0 Å². The number of hydrogen-bond acceptors (Lipinski definition) is 7. The van der Waals surface area contributed by atoms with E-state index in [9.17, 15) is 0 Å². The van der Waals surface area contributed by atoms with Gasteiger partial charge in [-0.15, -0.1) is 0 Å². The van der Waals surface area contributed by atoms with Crippen LogP contribution in [0.2, 0.25) is 0 Å². The minimum Gasteiger partial charge on any atom is -0.496 e. The van der Waals surface area contributed by atoms with Crippen LogP contribution in [0, 0.1) is 5.41 Å². The Kier molecular flexibility index (Phi) is 6.98. The van der Waals surface area contributed by atoms with Crippen molar-refractivity contribution in [2.24, 2.45) is 5.41 Å². The number of rotatable bonds is 11. The van der Waals surface area contributed by atoms with Gasteiger partial charge < -0.3 is 30.4 Å². The van der Waals surface area contributed by atoms with Gasteiger partial charge in [0, 0.05) is 36.0 Å². The summed E-state index contributed by atoms with van der Waals surface area (Å²) in [6.45, 7) is 9.27. The van der Waals surface area contributed by atoms with Crippen LogP contribution in [0.4, 0.5) is 11.8 Å². The number of nitrogens with zero attached hydrogens (tertiary/aromatic N) is 3. The number of nitrogen functional groups attached to an aromatic ring is 1. The molecule has 2 aromatic heterocycles. The number of fused-ring (bicyclic) bond motifs is 3. The second kappa shape index (κ2) is 10.3. The highest BCUT2D eigenvalue weighted by Crippen LogP contribution is 2.34. The lowest BCUT2D eigenvalue weighted by Gasteiger charge is -2.38. The minimum atomic E-state index is 0.237. The van der Waals surface area contributed by atoms with E-state index in [-0.39, 0.29) is 11.4 Å². The molecular formula is C28H36N6O2. The largest absolute Gasteiger partial charge is 0.496 e. The molecule has 8 heteroatoms. The molecule has 1 aliphatic heterocycles. The quantitative estimate of drug-likeness (QED) is 0.266. The van der Waals surface area contributed by atoms with Crippen molar-refractivity contribution in [2.75, 3.05) is 44.5 Å². The molecule has 0 bridgehead atoms. The molecule has 4 N–H and O–H groups in total. The summed E-state index contributed by atoms with van der Waals surface area (Å²) in [5.41, 5.74) is 11.6. The first-order chi connectivity index (χ1) is 17.5. The normalized spacial score (nSPS) is 14.8. The highest BCUT2D eigenvalue weighted by Gasteiger charge is 2.32. The second-order valence-corrected chi connectivity index (χ2v) is 10.1. The van der Waals surface area contributed by atoms with Crippen molar-refractivity contribution in [1.29, 1.82) is 0 Å². The molecular weight excluding hydrogens is 452 g/mol. The lowest BCUT2D eigenvalue weighted by Crippen LogP contribution is -2.47. The van der Waals surface area contributed by atoms with Crippen molar-refractivity contribution in [2.45, 2.75) is 39.8 Å². The number of unbranched alkanes of at least 4 members (excludes halogenated alkanes) is 1. The van der Waals surface area contributed by atoms with Crippen LogP contribution < -0.4 is 21.1 Å². The third-order valence-electron chi connectivity index (χ3n) is 6.90. The van der Waals surface area contributed by atoms with Gasteiger partial charge in [-0.2, -0.15) is 4.98 Å². The fourth-order valence-electron chi connectivity index (χ4n) is 4.91. The number of hydrogen-bond donors (Lipinski definition) is 3. The van der Waals surface area contributed by atoms with Crippen LogP contribution in [0.15, 0.2) is 42.5 Å². The summed E-state index contributed by atoms with van der Waals surface area (Å²) in [5, 5.41) is 8.17. The molecule has 1 fully saturated rings. The molecule has 190 valence electrons. The van der Waals surface area contributed by atoms with Crippen LogP contribution in [0.5, 0.6) is 5.75 Å². The van der Waals surface area contributed by atoms with Gasteiger partial charge >= 0.3 is 0 Å². The first-order valence-corrected chi connectivity index (χ1v) is 12.7. The third-order valence-corrected chi connectivity index (χ3v) is 6.90. The van der Waals surface area contributed by atoms with E-state index in [0.717, 1.165) is 84.8 Å². The Balaban J connectivity index is 1.52. The average Bonchev–Trinajstić information content (AvgIpc) is 3.17. The molecule has 1 saturated heterocycles. The summed E-state index contributed by atoms with van der Waals surface area (Å²) in [7, 11) is 1.72. The smallest absolute Gasteiger partial charge is 0.222 e. The van der Waals surface area contributed by atoms with E-state index in [0.29, 0.717) is 6.54 Å². The molecule has 1 aliphatic rings. The van der Waals surface area contributed by atoms with Crippen molar-refractivity contribution in [3.05, 3.63) is 53.6 Å². The Labute approximate surface area is 212 Å². The molecule has 8 nitrogen and oxygen atoms in total. The van der Waals surface area contributed by atoms with Gasteiger partial charge in [0.15, 0.2) is 5.82 Å². The van der Waals surface area contributed by atoms with Gasteiger partial charge in [-0.1, -0.05) is 44.5 Å². The Morgan fingerprint density at radius 1 is 1.17 bits per heavy atom. The highest BCUT2D eigenvalue weighted by atomic mass is 16.5. The van der Waals surface area contributed by atoms with Crippen molar-refractivity contribution < 1.29 is 9.47 Å². The molecule has 0 radical (unpaired) electrons. The molecule has 0 spiro atoms. The van der Waals surface area contributed by atoms with Crippen LogP contribution in [0.25, 0.3) is 21.9 Å². The first kappa shape index (κ1) is 24.3. The maximum Gasteiger partial charge on any atom is 0.222 e. The highest BCUT2D eigenvalue weighted by molar-refractivity contribution is 6.09. The third kappa shape index (κ3) is 4.83. The summed E-state index contributed by atoms with van der Waals surface area (Å²) in [4.78, 5) is 9.24. The molecule has 0 atom stereocenters. The van der Waals surface area contributed by atoms with Gasteiger partial charge in [0.1, 0.15) is 16.8 Å². The second-order valence-electron chi connectivity index (χ2n) is 10.1. The number of benzene rings is 2. The lowest BCUT2D eigenvalue weighted by atomic mass is 9.89. The fraction of sp³-hybridized carbons (Fsp3) is 0.429. The summed E-state index contributed by atoms with van der Waals surface area (Å²) in [5.74, 6) is 1.91. The van der Waals surface area contributed by atoms with Crippen LogP contribution in [0.3, 0.4) is 0 Å². The van der Waals surface area contributed by atoms with E-state index in [2.05, 4.69) is 75.4 Å². The maximum atomic E-state index is 6.13. The predicted octanol–water partition coefficient (Wildman–Crippen LogP) is 4.56. The number of ether oxygens (including phenoxy) is 2. The Hall–Kier alpha value is -3.36. The topological polar surface area (TPSA) is 99.2 Å². The molecule has 3 heterocycles. The Morgan fingerprint density at radius 3 is 2.75 bits per heavy atom. The van der Waals surface area contributed by atoms with E-state index in [1.807, 2.05) is 6.07 Å². The van der Waals surface area contributed by atoms with Gasteiger partial charge in [-0.05, 0) is 30.2 Å². The fourth-order valence-corrected chi connectivity index (χ4v) is 4.91. The van der Waals surface area contributed by atoms with Crippen molar-refractivity contribution in [1.82, 2.24) is 19.9 Å². The summed E-state index contributed by atoms with van der Waals surface area (Å²) in [6, 6.07) is 14.7. The Morgan fingerprint density at radius 2 is 2.00 bits per heavy atom. The van der Waals surface area contributed by atoms with Crippen LogP contribution in [-0.4, -0.2) is 47.9 Å². The number of para-hydroxylation sites is 1. The molecule has 0 unspecified atom stereocenters. The number of anilines is 2. The molecule has 4 aromatic rings. The van der Waals surface area contributed by atoms with Crippen molar-refractivity contribution in [3.8, 4) is 5.75 Å². The SMILES string of the molecule is CCCCNc1nc(N)nc2c3ccccc3n(Cc3cc(CNCC4(C)COC4)ccc3OC)c12. The molecule has 36 heavy (non-hydrogen) atoms. The average molecular weight is 489 g/mol. The monoisotopic (exact) mass is 488 g/mol. The van der Waals surface area contributed by atoms with Crippen LogP contribution in [-0.2, 0) is 17.8 Å². The van der Waals surface area contributed by atoms with Gasteiger partial charge in [0.2, 0.25) is 5.95 Å². The predicted molar refractivity (Wildman–Crippen MR) is 146 cm³/mol. The molecule has 5 rings (SSSR count). The van der Waals surface area contributed by atoms with Gasteiger partial charge in [0.25, 0.3) is 0 Å². The zero-order valence-electron chi connectivity index (χ0n) is 21.4. The zero-order chi connectivity index (χ0) is 25.1. The van der Waals surface area contributed by atoms with Crippen LogP contribution >= 0.6 is 0 Å². The van der Waals surface area contributed by atoms with Crippen molar-refractivity contribution >= 4 is 33.7 Å². The van der Waals surface area contributed by atoms with Gasteiger partial charge in [-0.25, -0.2) is 4.98 Å². The summed E-state index contributed by atoms with van der Waals surface area (Å²) >= 11 is 0. The number of nitrogens with two attached hydrogens (primary N) is 1. The number of methoxy groups -OCH3 is 1. The van der Waals surface area contributed by atoms with E-state index in [1.165, 1.54) is 5.56 Å². The number of nitrogens with one attached hydrogen (secondary N) is 2. The lowest BCUT2D eigenvalue weighted by molar-refractivity contribution is -0.0991.